The molecule has 1 amide bonds. The number of unbranched alkanes of at least 4 members (excludes halogenated alkanes) is 15. The maximum atomic E-state index is 11.6. The highest BCUT2D eigenvalue weighted by atomic mass is 16.5. The Balaban J connectivity index is 3.15. The second-order valence-corrected chi connectivity index (χ2v) is 7.83. The topological polar surface area (TPSA) is 58.6 Å². The molecule has 0 aromatic rings. The summed E-state index contributed by atoms with van der Waals surface area (Å²) in [4.78, 5) is 11.6. The number of hydrogen-bond donors (Lipinski definition) is 2. The van der Waals surface area contributed by atoms with Crippen LogP contribution in [0.15, 0.2) is 0 Å². The Morgan fingerprint density at radius 3 is 1.59 bits per heavy atom. The lowest BCUT2D eigenvalue weighted by molar-refractivity contribution is -0.131. The molecule has 27 heavy (non-hydrogen) atoms. The van der Waals surface area contributed by atoms with E-state index in [9.17, 15) is 4.79 Å². The molecule has 4 nitrogen and oxygen atoms in total. The van der Waals surface area contributed by atoms with E-state index in [0.717, 1.165) is 6.42 Å². The van der Waals surface area contributed by atoms with Crippen LogP contribution < -0.4 is 5.32 Å². The van der Waals surface area contributed by atoms with Gasteiger partial charge in [0.25, 0.3) is 0 Å². The summed E-state index contributed by atoms with van der Waals surface area (Å²) in [6.07, 6.45) is 21.3. The van der Waals surface area contributed by atoms with Crippen molar-refractivity contribution in [2.75, 3.05) is 19.8 Å². The van der Waals surface area contributed by atoms with Gasteiger partial charge in [-0.15, -0.1) is 0 Å². The fourth-order valence-corrected chi connectivity index (χ4v) is 3.31. The molecule has 4 heteroatoms. The van der Waals surface area contributed by atoms with Crippen molar-refractivity contribution in [3.63, 3.8) is 0 Å². The summed E-state index contributed by atoms with van der Waals surface area (Å²) in [6, 6.07) is 0. The van der Waals surface area contributed by atoms with Crippen LogP contribution in [-0.4, -0.2) is 36.9 Å². The largest absolute Gasteiger partial charge is 0.395 e. The zero-order chi connectivity index (χ0) is 20.0. The number of ether oxygens (including phenoxy) is 1. The number of carbonyl (C=O) groups is 1. The minimum absolute atomic E-state index is 0.0302. The SMILES string of the molecule is CCCCCCCCCCCCCCCCCCOC(C)C(=O)NCCO. The van der Waals surface area contributed by atoms with Crippen LogP contribution in [0.4, 0.5) is 0 Å². The molecule has 162 valence electrons. The number of carbonyl (C=O) groups excluding carboxylic acids is 1. The van der Waals surface area contributed by atoms with E-state index < -0.39 is 6.10 Å². The van der Waals surface area contributed by atoms with Gasteiger partial charge in [-0.2, -0.15) is 0 Å². The van der Waals surface area contributed by atoms with Gasteiger partial charge in [0.2, 0.25) is 5.91 Å². The number of nitrogens with one attached hydrogen (secondary N) is 1. The second kappa shape index (κ2) is 21.7. The van der Waals surface area contributed by atoms with Crippen LogP contribution in [0.25, 0.3) is 0 Å². The standard InChI is InChI=1S/C23H47NO3/c1-3-4-5-6-7-8-9-10-11-12-13-14-15-16-17-18-21-27-22(2)23(26)24-19-20-25/h22,25H,3-21H2,1-2H3,(H,24,26). The summed E-state index contributed by atoms with van der Waals surface area (Å²) in [5.41, 5.74) is 0. The van der Waals surface area contributed by atoms with Gasteiger partial charge < -0.3 is 15.2 Å². The third kappa shape index (κ3) is 19.9. The van der Waals surface area contributed by atoms with E-state index in [1.165, 1.54) is 96.3 Å². The number of rotatable bonds is 21. The van der Waals surface area contributed by atoms with Gasteiger partial charge in [0.1, 0.15) is 6.10 Å². The first-order chi connectivity index (χ1) is 13.2. The Labute approximate surface area is 168 Å². The molecule has 0 aliphatic heterocycles. The normalized spacial score (nSPS) is 12.3. The third-order valence-corrected chi connectivity index (χ3v) is 5.15. The van der Waals surface area contributed by atoms with Crippen molar-refractivity contribution in [1.29, 1.82) is 0 Å². The van der Waals surface area contributed by atoms with Crippen molar-refractivity contribution in [2.24, 2.45) is 0 Å². The Kier molecular flexibility index (Phi) is 21.2. The molecule has 0 aromatic carbocycles. The lowest BCUT2D eigenvalue weighted by atomic mass is 10.0. The minimum atomic E-state index is -0.423. The van der Waals surface area contributed by atoms with Crippen molar-refractivity contribution >= 4 is 5.91 Å². The second-order valence-electron chi connectivity index (χ2n) is 7.83. The molecule has 0 saturated heterocycles. The average molecular weight is 386 g/mol. The van der Waals surface area contributed by atoms with E-state index in [-0.39, 0.29) is 12.5 Å². The fraction of sp³-hybridized carbons (Fsp3) is 0.957. The Morgan fingerprint density at radius 2 is 1.19 bits per heavy atom. The van der Waals surface area contributed by atoms with Crippen LogP contribution in [0.5, 0.6) is 0 Å². The van der Waals surface area contributed by atoms with Gasteiger partial charge in [-0.25, -0.2) is 0 Å². The number of aliphatic hydroxyl groups is 1. The van der Waals surface area contributed by atoms with Crippen molar-refractivity contribution < 1.29 is 14.6 Å². The van der Waals surface area contributed by atoms with Crippen molar-refractivity contribution in [3.8, 4) is 0 Å². The highest BCUT2D eigenvalue weighted by Gasteiger charge is 2.11. The minimum Gasteiger partial charge on any atom is -0.395 e. The van der Waals surface area contributed by atoms with Crippen molar-refractivity contribution in [2.45, 2.75) is 123 Å². The van der Waals surface area contributed by atoms with Gasteiger partial charge in [-0.1, -0.05) is 103 Å². The highest BCUT2D eigenvalue weighted by Crippen LogP contribution is 2.13. The molecule has 0 heterocycles. The van der Waals surface area contributed by atoms with Crippen LogP contribution in [-0.2, 0) is 9.53 Å². The van der Waals surface area contributed by atoms with Gasteiger partial charge in [-0.3, -0.25) is 4.79 Å². The van der Waals surface area contributed by atoms with Crippen LogP contribution >= 0.6 is 0 Å². The van der Waals surface area contributed by atoms with E-state index in [4.69, 9.17) is 9.84 Å². The Bertz CT molecular complexity index is 310. The van der Waals surface area contributed by atoms with E-state index >= 15 is 0 Å². The molecule has 0 spiro atoms. The maximum Gasteiger partial charge on any atom is 0.248 e. The monoisotopic (exact) mass is 385 g/mol. The van der Waals surface area contributed by atoms with Gasteiger partial charge in [-0.05, 0) is 13.3 Å². The Hall–Kier alpha value is -0.610. The molecule has 0 radical (unpaired) electrons. The Morgan fingerprint density at radius 1 is 0.778 bits per heavy atom. The molecule has 0 aromatic heterocycles. The maximum absolute atomic E-state index is 11.6. The average Bonchev–Trinajstić information content (AvgIpc) is 2.68. The van der Waals surface area contributed by atoms with E-state index in [1.807, 2.05) is 0 Å². The smallest absolute Gasteiger partial charge is 0.248 e. The fourth-order valence-electron chi connectivity index (χ4n) is 3.31. The van der Waals surface area contributed by atoms with E-state index in [1.54, 1.807) is 6.92 Å². The summed E-state index contributed by atoms with van der Waals surface area (Å²) in [5, 5.41) is 11.3. The van der Waals surface area contributed by atoms with Gasteiger partial charge in [0, 0.05) is 13.2 Å². The molecule has 0 fully saturated rings. The summed E-state index contributed by atoms with van der Waals surface area (Å²) in [6.45, 7) is 4.95. The molecule has 1 unspecified atom stereocenters. The molecule has 0 saturated carbocycles. The molecule has 0 bridgehead atoms. The molecule has 1 atom stereocenters. The molecular formula is C23H47NO3. The first kappa shape index (κ1) is 26.4. The summed E-state index contributed by atoms with van der Waals surface area (Å²) < 4.78 is 5.53. The summed E-state index contributed by atoms with van der Waals surface area (Å²) in [7, 11) is 0. The number of aliphatic hydroxyl groups excluding tert-OH is 1. The van der Waals surface area contributed by atoms with Crippen molar-refractivity contribution in [3.05, 3.63) is 0 Å². The first-order valence-corrected chi connectivity index (χ1v) is 11.7. The molecule has 0 aliphatic rings. The zero-order valence-electron chi connectivity index (χ0n) is 18.3. The van der Waals surface area contributed by atoms with Crippen molar-refractivity contribution in [1.82, 2.24) is 5.32 Å². The van der Waals surface area contributed by atoms with Crippen LogP contribution in [0.2, 0.25) is 0 Å². The van der Waals surface area contributed by atoms with Gasteiger partial charge >= 0.3 is 0 Å². The van der Waals surface area contributed by atoms with Crippen LogP contribution in [0, 0.1) is 0 Å². The summed E-state index contributed by atoms with van der Waals surface area (Å²) in [5.74, 6) is -0.138. The zero-order valence-corrected chi connectivity index (χ0v) is 18.3. The first-order valence-electron chi connectivity index (χ1n) is 11.7. The molecule has 2 N–H and O–H groups in total. The van der Waals surface area contributed by atoms with Crippen LogP contribution in [0.3, 0.4) is 0 Å². The summed E-state index contributed by atoms with van der Waals surface area (Å²) >= 11 is 0. The van der Waals surface area contributed by atoms with Gasteiger partial charge in [0.15, 0.2) is 0 Å². The quantitative estimate of drug-likeness (QED) is 0.247. The highest BCUT2D eigenvalue weighted by molar-refractivity contribution is 5.80. The number of amides is 1. The third-order valence-electron chi connectivity index (χ3n) is 5.15. The van der Waals surface area contributed by atoms with Crippen LogP contribution in [0.1, 0.15) is 117 Å². The lowest BCUT2D eigenvalue weighted by Crippen LogP contribution is -2.36. The molecule has 0 rings (SSSR count). The molecular weight excluding hydrogens is 338 g/mol. The van der Waals surface area contributed by atoms with Gasteiger partial charge in [0.05, 0.1) is 6.61 Å². The number of hydrogen-bond acceptors (Lipinski definition) is 3. The molecule has 0 aliphatic carbocycles. The lowest BCUT2D eigenvalue weighted by Gasteiger charge is -2.12. The van der Waals surface area contributed by atoms with E-state index in [2.05, 4.69) is 12.2 Å². The predicted octanol–water partition coefficient (Wildman–Crippen LogP) is 5.76. The predicted molar refractivity (Wildman–Crippen MR) is 115 cm³/mol. The van der Waals surface area contributed by atoms with E-state index in [0.29, 0.717) is 13.2 Å².